The normalized spacial score (nSPS) is 26.2. The van der Waals surface area contributed by atoms with Crippen LogP contribution in [0.3, 0.4) is 0 Å². The summed E-state index contributed by atoms with van der Waals surface area (Å²) in [6.45, 7) is 2.32. The van der Waals surface area contributed by atoms with Crippen LogP contribution in [0, 0.1) is 5.92 Å². The number of hydrogen-bond acceptors (Lipinski definition) is 4. The summed E-state index contributed by atoms with van der Waals surface area (Å²) < 4.78 is 0. The molecular formula is C11H18N4. The molecule has 0 atom stereocenters. The number of nitrogens with one attached hydrogen (secondary N) is 1. The van der Waals surface area contributed by atoms with Gasteiger partial charge in [0.1, 0.15) is 0 Å². The van der Waals surface area contributed by atoms with Crippen LogP contribution in [0.15, 0.2) is 12.4 Å². The number of anilines is 2. The Morgan fingerprint density at radius 1 is 1.20 bits per heavy atom. The van der Waals surface area contributed by atoms with Crippen molar-refractivity contribution >= 4 is 11.6 Å². The Labute approximate surface area is 90.3 Å². The van der Waals surface area contributed by atoms with Gasteiger partial charge in [-0.15, -0.1) is 0 Å². The van der Waals surface area contributed by atoms with Crippen molar-refractivity contribution in [1.29, 1.82) is 0 Å². The second-order valence-electron chi connectivity index (χ2n) is 4.44. The Bertz CT molecular complexity index is 301. The molecule has 1 fully saturated rings. The molecule has 1 saturated carbocycles. The van der Waals surface area contributed by atoms with Crippen LogP contribution in [0.4, 0.5) is 11.6 Å². The molecular weight excluding hydrogens is 188 g/mol. The van der Waals surface area contributed by atoms with Crippen molar-refractivity contribution in [1.82, 2.24) is 9.97 Å². The zero-order valence-electron chi connectivity index (χ0n) is 9.11. The Kier molecular flexibility index (Phi) is 3.04. The summed E-state index contributed by atoms with van der Waals surface area (Å²) in [6.07, 6.45) is 8.31. The van der Waals surface area contributed by atoms with Gasteiger partial charge in [0.2, 0.25) is 5.95 Å². The second kappa shape index (κ2) is 4.47. The van der Waals surface area contributed by atoms with E-state index in [0.717, 1.165) is 5.92 Å². The Morgan fingerprint density at radius 2 is 1.80 bits per heavy atom. The van der Waals surface area contributed by atoms with Gasteiger partial charge in [-0.1, -0.05) is 6.92 Å². The highest BCUT2D eigenvalue weighted by atomic mass is 15.1. The number of nitrogen functional groups attached to an aromatic ring is 1. The van der Waals surface area contributed by atoms with E-state index < -0.39 is 0 Å². The molecule has 0 unspecified atom stereocenters. The quantitative estimate of drug-likeness (QED) is 0.777. The molecule has 2 rings (SSSR count). The zero-order chi connectivity index (χ0) is 10.7. The number of hydrogen-bond donors (Lipinski definition) is 2. The first kappa shape index (κ1) is 10.2. The zero-order valence-corrected chi connectivity index (χ0v) is 9.11. The molecule has 0 spiro atoms. The first-order chi connectivity index (χ1) is 7.24. The highest BCUT2D eigenvalue weighted by Gasteiger charge is 2.18. The summed E-state index contributed by atoms with van der Waals surface area (Å²) in [6, 6.07) is 0.532. The van der Waals surface area contributed by atoms with Crippen molar-refractivity contribution in [3.05, 3.63) is 12.4 Å². The topological polar surface area (TPSA) is 63.8 Å². The largest absolute Gasteiger partial charge is 0.396 e. The van der Waals surface area contributed by atoms with Crippen molar-refractivity contribution < 1.29 is 0 Å². The van der Waals surface area contributed by atoms with E-state index in [4.69, 9.17) is 5.73 Å². The van der Waals surface area contributed by atoms with E-state index in [1.165, 1.54) is 25.7 Å². The summed E-state index contributed by atoms with van der Waals surface area (Å²) in [4.78, 5) is 8.29. The lowest BCUT2D eigenvalue weighted by Crippen LogP contribution is -2.26. The number of rotatable bonds is 2. The van der Waals surface area contributed by atoms with Gasteiger partial charge in [-0.2, -0.15) is 0 Å². The monoisotopic (exact) mass is 206 g/mol. The maximum atomic E-state index is 5.53. The minimum atomic E-state index is 0.532. The average molecular weight is 206 g/mol. The van der Waals surface area contributed by atoms with E-state index in [1.54, 1.807) is 12.4 Å². The maximum absolute atomic E-state index is 5.53. The molecule has 0 amide bonds. The molecule has 1 heterocycles. The van der Waals surface area contributed by atoms with Crippen LogP contribution in [0.25, 0.3) is 0 Å². The summed E-state index contributed by atoms with van der Waals surface area (Å²) >= 11 is 0. The molecule has 1 aromatic rings. The van der Waals surface area contributed by atoms with Crippen molar-refractivity contribution in [2.45, 2.75) is 38.6 Å². The van der Waals surface area contributed by atoms with Crippen LogP contribution in [-0.2, 0) is 0 Å². The molecule has 0 aromatic carbocycles. The van der Waals surface area contributed by atoms with Gasteiger partial charge in [0, 0.05) is 6.04 Å². The van der Waals surface area contributed by atoms with Crippen LogP contribution in [0.2, 0.25) is 0 Å². The summed E-state index contributed by atoms with van der Waals surface area (Å²) in [7, 11) is 0. The van der Waals surface area contributed by atoms with Crippen molar-refractivity contribution in [2.75, 3.05) is 11.1 Å². The van der Waals surface area contributed by atoms with Gasteiger partial charge in [0.05, 0.1) is 18.1 Å². The molecule has 4 nitrogen and oxygen atoms in total. The fraction of sp³-hybridized carbons (Fsp3) is 0.636. The first-order valence-electron chi connectivity index (χ1n) is 5.58. The second-order valence-corrected chi connectivity index (χ2v) is 4.44. The van der Waals surface area contributed by atoms with E-state index in [2.05, 4.69) is 22.2 Å². The number of aromatic nitrogens is 2. The lowest BCUT2D eigenvalue weighted by Gasteiger charge is -2.26. The Hall–Kier alpha value is -1.32. The Balaban J connectivity index is 1.89. The summed E-state index contributed by atoms with van der Waals surface area (Å²) in [5.41, 5.74) is 6.13. The van der Waals surface area contributed by atoms with E-state index in [1.807, 2.05) is 0 Å². The first-order valence-corrected chi connectivity index (χ1v) is 5.58. The molecule has 1 aliphatic rings. The minimum Gasteiger partial charge on any atom is -0.396 e. The minimum absolute atomic E-state index is 0.532. The third-order valence-corrected chi connectivity index (χ3v) is 3.02. The number of nitrogens with two attached hydrogens (primary N) is 1. The predicted octanol–water partition coefficient (Wildman–Crippen LogP) is 2.05. The molecule has 0 aliphatic heterocycles. The van der Waals surface area contributed by atoms with Gasteiger partial charge >= 0.3 is 0 Å². The van der Waals surface area contributed by atoms with Crippen molar-refractivity contribution in [3.8, 4) is 0 Å². The molecule has 1 aromatic heterocycles. The Morgan fingerprint density at radius 3 is 2.40 bits per heavy atom. The predicted molar refractivity (Wildman–Crippen MR) is 61.5 cm³/mol. The van der Waals surface area contributed by atoms with E-state index >= 15 is 0 Å². The molecule has 0 bridgehead atoms. The molecule has 0 saturated heterocycles. The fourth-order valence-corrected chi connectivity index (χ4v) is 2.00. The van der Waals surface area contributed by atoms with E-state index in [-0.39, 0.29) is 0 Å². The smallest absolute Gasteiger partial charge is 0.222 e. The molecule has 3 N–H and O–H groups in total. The van der Waals surface area contributed by atoms with Gasteiger partial charge < -0.3 is 11.1 Å². The third kappa shape index (κ3) is 2.81. The molecule has 15 heavy (non-hydrogen) atoms. The van der Waals surface area contributed by atoms with Crippen LogP contribution < -0.4 is 11.1 Å². The fourth-order valence-electron chi connectivity index (χ4n) is 2.00. The van der Waals surface area contributed by atoms with Crippen LogP contribution in [0.1, 0.15) is 32.6 Å². The SMILES string of the molecule is CC1CCC(Nc2ncc(N)cn2)CC1. The van der Waals surface area contributed by atoms with Gasteiger partial charge in [-0.3, -0.25) is 0 Å². The van der Waals surface area contributed by atoms with E-state index in [0.29, 0.717) is 17.7 Å². The van der Waals surface area contributed by atoms with Crippen molar-refractivity contribution in [3.63, 3.8) is 0 Å². The van der Waals surface area contributed by atoms with Crippen LogP contribution >= 0.6 is 0 Å². The highest BCUT2D eigenvalue weighted by Crippen LogP contribution is 2.25. The van der Waals surface area contributed by atoms with Gasteiger partial charge in [-0.25, -0.2) is 9.97 Å². The lowest BCUT2D eigenvalue weighted by molar-refractivity contribution is 0.360. The molecule has 0 radical (unpaired) electrons. The van der Waals surface area contributed by atoms with Crippen LogP contribution in [-0.4, -0.2) is 16.0 Å². The van der Waals surface area contributed by atoms with Gasteiger partial charge in [0.25, 0.3) is 0 Å². The molecule has 4 heteroatoms. The summed E-state index contributed by atoms with van der Waals surface area (Å²) in [5, 5.41) is 3.35. The standard InChI is InChI=1S/C11H18N4/c1-8-2-4-10(5-3-8)15-11-13-6-9(12)7-14-11/h6-8,10H,2-5,12H2,1H3,(H,13,14,15). The highest BCUT2D eigenvalue weighted by molar-refractivity contribution is 5.36. The van der Waals surface area contributed by atoms with E-state index in [9.17, 15) is 0 Å². The lowest BCUT2D eigenvalue weighted by atomic mass is 9.87. The number of nitrogens with zero attached hydrogens (tertiary/aromatic N) is 2. The molecule has 1 aliphatic carbocycles. The average Bonchev–Trinajstić information content (AvgIpc) is 2.25. The van der Waals surface area contributed by atoms with Crippen LogP contribution in [0.5, 0.6) is 0 Å². The third-order valence-electron chi connectivity index (χ3n) is 3.02. The van der Waals surface area contributed by atoms with Gasteiger partial charge in [-0.05, 0) is 31.6 Å². The van der Waals surface area contributed by atoms with Crippen molar-refractivity contribution in [2.24, 2.45) is 5.92 Å². The maximum Gasteiger partial charge on any atom is 0.222 e. The van der Waals surface area contributed by atoms with Gasteiger partial charge in [0.15, 0.2) is 0 Å². The summed E-state index contributed by atoms with van der Waals surface area (Å²) in [5.74, 6) is 1.57. The molecule has 82 valence electrons.